The highest BCUT2D eigenvalue weighted by atomic mass is 16.6. The summed E-state index contributed by atoms with van der Waals surface area (Å²) in [6.45, 7) is 7.64. The SMILES string of the molecule is COC(=O)C1CN(C(=O)OC(C)(C)C)c2ccc(C)cc21. The third kappa shape index (κ3) is 3.17. The van der Waals surface area contributed by atoms with Crippen molar-refractivity contribution in [2.75, 3.05) is 18.6 Å². The van der Waals surface area contributed by atoms with E-state index in [-0.39, 0.29) is 12.5 Å². The zero-order valence-electron chi connectivity index (χ0n) is 13.1. The Morgan fingerprint density at radius 2 is 1.95 bits per heavy atom. The lowest BCUT2D eigenvalue weighted by Crippen LogP contribution is -2.37. The minimum atomic E-state index is -0.578. The van der Waals surface area contributed by atoms with E-state index >= 15 is 0 Å². The molecule has 1 heterocycles. The summed E-state index contributed by atoms with van der Waals surface area (Å²) in [6.07, 6.45) is -0.445. The maximum Gasteiger partial charge on any atom is 0.414 e. The molecule has 1 atom stereocenters. The van der Waals surface area contributed by atoms with Gasteiger partial charge in [-0.15, -0.1) is 0 Å². The van der Waals surface area contributed by atoms with Crippen molar-refractivity contribution in [2.24, 2.45) is 0 Å². The number of rotatable bonds is 1. The van der Waals surface area contributed by atoms with Crippen molar-refractivity contribution in [1.29, 1.82) is 0 Å². The Labute approximate surface area is 124 Å². The molecule has 1 aliphatic rings. The Morgan fingerprint density at radius 1 is 1.29 bits per heavy atom. The number of benzene rings is 1. The third-order valence-electron chi connectivity index (χ3n) is 3.31. The van der Waals surface area contributed by atoms with Crippen molar-refractivity contribution >= 4 is 17.7 Å². The number of carbonyl (C=O) groups excluding carboxylic acids is 2. The van der Waals surface area contributed by atoms with Gasteiger partial charge in [0.1, 0.15) is 11.5 Å². The third-order valence-corrected chi connectivity index (χ3v) is 3.31. The van der Waals surface area contributed by atoms with Crippen molar-refractivity contribution in [1.82, 2.24) is 0 Å². The van der Waals surface area contributed by atoms with Gasteiger partial charge in [-0.3, -0.25) is 9.69 Å². The number of ether oxygens (including phenoxy) is 2. The molecule has 21 heavy (non-hydrogen) atoms. The van der Waals surface area contributed by atoms with Gasteiger partial charge >= 0.3 is 12.1 Å². The number of esters is 1. The first-order valence-corrected chi connectivity index (χ1v) is 6.92. The van der Waals surface area contributed by atoms with Gasteiger partial charge in [0.25, 0.3) is 0 Å². The van der Waals surface area contributed by atoms with E-state index in [1.54, 1.807) is 0 Å². The lowest BCUT2D eigenvalue weighted by molar-refractivity contribution is -0.142. The second-order valence-corrected chi connectivity index (χ2v) is 6.23. The monoisotopic (exact) mass is 291 g/mol. The van der Waals surface area contributed by atoms with Crippen LogP contribution in [-0.4, -0.2) is 31.3 Å². The van der Waals surface area contributed by atoms with Gasteiger partial charge in [-0.1, -0.05) is 17.7 Å². The second-order valence-electron chi connectivity index (χ2n) is 6.23. The van der Waals surface area contributed by atoms with Crippen LogP contribution < -0.4 is 4.90 Å². The van der Waals surface area contributed by atoms with E-state index < -0.39 is 17.6 Å². The molecule has 1 unspecified atom stereocenters. The Kier molecular flexibility index (Phi) is 3.94. The fourth-order valence-electron chi connectivity index (χ4n) is 2.41. The highest BCUT2D eigenvalue weighted by Gasteiger charge is 2.38. The number of aryl methyl sites for hydroxylation is 1. The molecule has 0 spiro atoms. The van der Waals surface area contributed by atoms with Crippen LogP contribution in [0.4, 0.5) is 10.5 Å². The predicted octanol–water partition coefficient (Wildman–Crippen LogP) is 3.01. The number of nitrogens with zero attached hydrogens (tertiary/aromatic N) is 1. The molecule has 0 radical (unpaired) electrons. The zero-order valence-corrected chi connectivity index (χ0v) is 13.1. The lowest BCUT2D eigenvalue weighted by Gasteiger charge is -2.25. The van der Waals surface area contributed by atoms with Crippen LogP contribution in [0.1, 0.15) is 37.8 Å². The summed E-state index contributed by atoms with van der Waals surface area (Å²) in [4.78, 5) is 25.8. The Bertz CT molecular complexity index is 574. The maximum atomic E-state index is 12.3. The number of hydrogen-bond acceptors (Lipinski definition) is 4. The van der Waals surface area contributed by atoms with E-state index in [9.17, 15) is 9.59 Å². The molecule has 114 valence electrons. The van der Waals surface area contributed by atoms with Gasteiger partial charge in [-0.05, 0) is 39.3 Å². The molecular weight excluding hydrogens is 270 g/mol. The van der Waals surface area contributed by atoms with Crippen LogP contribution in [0.25, 0.3) is 0 Å². The molecule has 1 aliphatic heterocycles. The van der Waals surface area contributed by atoms with E-state index in [1.807, 2.05) is 45.9 Å². The summed E-state index contributed by atoms with van der Waals surface area (Å²) in [5.74, 6) is -0.801. The van der Waals surface area contributed by atoms with Crippen molar-refractivity contribution in [3.8, 4) is 0 Å². The van der Waals surface area contributed by atoms with Crippen LogP contribution in [0.3, 0.4) is 0 Å². The summed E-state index contributed by atoms with van der Waals surface area (Å²) in [7, 11) is 1.36. The van der Waals surface area contributed by atoms with E-state index in [0.29, 0.717) is 5.69 Å². The van der Waals surface area contributed by atoms with Gasteiger partial charge in [0, 0.05) is 6.54 Å². The molecule has 0 saturated heterocycles. The number of fused-ring (bicyclic) bond motifs is 1. The summed E-state index contributed by atoms with van der Waals surface area (Å²) in [6, 6.07) is 5.68. The van der Waals surface area contributed by atoms with E-state index in [1.165, 1.54) is 12.0 Å². The molecule has 0 saturated carbocycles. The van der Waals surface area contributed by atoms with Crippen LogP contribution in [0.2, 0.25) is 0 Å². The van der Waals surface area contributed by atoms with Crippen LogP contribution in [0.5, 0.6) is 0 Å². The quantitative estimate of drug-likeness (QED) is 0.746. The van der Waals surface area contributed by atoms with Crippen LogP contribution in [0, 0.1) is 6.92 Å². The Morgan fingerprint density at radius 3 is 2.52 bits per heavy atom. The average molecular weight is 291 g/mol. The molecule has 1 aromatic carbocycles. The normalized spacial score (nSPS) is 17.4. The predicted molar refractivity (Wildman–Crippen MR) is 79.5 cm³/mol. The fraction of sp³-hybridized carbons (Fsp3) is 0.500. The Hall–Kier alpha value is -2.04. The van der Waals surface area contributed by atoms with Crippen molar-refractivity contribution < 1.29 is 19.1 Å². The first kappa shape index (κ1) is 15.4. The zero-order chi connectivity index (χ0) is 15.8. The first-order chi connectivity index (χ1) is 9.73. The summed E-state index contributed by atoms with van der Waals surface area (Å²) >= 11 is 0. The Balaban J connectivity index is 2.35. The molecule has 0 aromatic heterocycles. The van der Waals surface area contributed by atoms with Gasteiger partial charge < -0.3 is 9.47 Å². The van der Waals surface area contributed by atoms with Crippen LogP contribution in [-0.2, 0) is 14.3 Å². The number of hydrogen-bond donors (Lipinski definition) is 0. The first-order valence-electron chi connectivity index (χ1n) is 6.92. The summed E-state index contributed by atoms with van der Waals surface area (Å²) in [5, 5.41) is 0. The molecule has 1 amide bonds. The number of methoxy groups -OCH3 is 1. The summed E-state index contributed by atoms with van der Waals surface area (Å²) < 4.78 is 10.2. The highest BCUT2D eigenvalue weighted by molar-refractivity contribution is 5.96. The molecular formula is C16H21NO4. The number of anilines is 1. The minimum Gasteiger partial charge on any atom is -0.468 e. The molecule has 0 bridgehead atoms. The smallest absolute Gasteiger partial charge is 0.414 e. The van der Waals surface area contributed by atoms with Crippen molar-refractivity contribution in [2.45, 2.75) is 39.2 Å². The summed E-state index contributed by atoms with van der Waals surface area (Å²) in [5.41, 5.74) is 1.98. The molecule has 2 rings (SSSR count). The highest BCUT2D eigenvalue weighted by Crippen LogP contribution is 2.38. The van der Waals surface area contributed by atoms with Gasteiger partial charge in [0.2, 0.25) is 0 Å². The lowest BCUT2D eigenvalue weighted by atomic mass is 10.00. The molecule has 0 aliphatic carbocycles. The van der Waals surface area contributed by atoms with Gasteiger partial charge in [0.05, 0.1) is 12.8 Å². The van der Waals surface area contributed by atoms with Gasteiger partial charge in [-0.25, -0.2) is 4.79 Å². The molecule has 0 N–H and O–H groups in total. The average Bonchev–Trinajstić information content (AvgIpc) is 2.74. The van der Waals surface area contributed by atoms with Crippen molar-refractivity contribution in [3.63, 3.8) is 0 Å². The molecule has 0 fully saturated rings. The topological polar surface area (TPSA) is 55.8 Å². The number of amides is 1. The van der Waals surface area contributed by atoms with Crippen LogP contribution in [0.15, 0.2) is 18.2 Å². The minimum absolute atomic E-state index is 0.250. The fourth-order valence-corrected chi connectivity index (χ4v) is 2.41. The van der Waals surface area contributed by atoms with E-state index in [0.717, 1.165) is 11.1 Å². The molecule has 1 aromatic rings. The standard InChI is InChI=1S/C16H21NO4/c1-10-6-7-13-11(8-10)12(14(18)20-5)9-17(13)15(19)21-16(2,3)4/h6-8,12H,9H2,1-5H3. The van der Waals surface area contributed by atoms with Gasteiger partial charge in [-0.2, -0.15) is 0 Å². The van der Waals surface area contributed by atoms with Crippen molar-refractivity contribution in [3.05, 3.63) is 29.3 Å². The second kappa shape index (κ2) is 5.39. The molecule has 5 heteroatoms. The largest absolute Gasteiger partial charge is 0.468 e. The van der Waals surface area contributed by atoms with E-state index in [4.69, 9.17) is 9.47 Å². The van der Waals surface area contributed by atoms with Gasteiger partial charge in [0.15, 0.2) is 0 Å². The van der Waals surface area contributed by atoms with E-state index in [2.05, 4.69) is 0 Å². The van der Waals surface area contributed by atoms with Crippen LogP contribution >= 0.6 is 0 Å². The number of carbonyl (C=O) groups is 2. The maximum absolute atomic E-state index is 12.3. The molecule has 5 nitrogen and oxygen atoms in total.